The van der Waals surface area contributed by atoms with Gasteiger partial charge in [-0.15, -0.1) is 11.8 Å². The van der Waals surface area contributed by atoms with E-state index in [1.54, 1.807) is 11.8 Å². The van der Waals surface area contributed by atoms with Crippen LogP contribution in [-0.4, -0.2) is 29.9 Å². The van der Waals surface area contributed by atoms with Gasteiger partial charge in [0, 0.05) is 22.3 Å². The third kappa shape index (κ3) is 2.81. The van der Waals surface area contributed by atoms with E-state index < -0.39 is 0 Å². The molecule has 1 unspecified atom stereocenters. The number of hydrogen-bond acceptors (Lipinski definition) is 4. The number of ether oxygens (including phenoxy) is 2. The molecular weight excluding hydrogens is 378 g/mol. The minimum atomic E-state index is 0.0145. The van der Waals surface area contributed by atoms with Gasteiger partial charge in [0.25, 0.3) is 5.91 Å². The van der Waals surface area contributed by atoms with E-state index in [4.69, 9.17) is 9.47 Å². The van der Waals surface area contributed by atoms with Crippen molar-refractivity contribution in [3.8, 4) is 11.5 Å². The molecule has 0 radical (unpaired) electrons. The van der Waals surface area contributed by atoms with E-state index in [0.29, 0.717) is 5.56 Å². The third-order valence-electron chi connectivity index (χ3n) is 3.92. The Morgan fingerprint density at radius 3 is 2.74 bits per heavy atom. The van der Waals surface area contributed by atoms with E-state index in [2.05, 4.69) is 15.9 Å². The van der Waals surface area contributed by atoms with Crippen LogP contribution in [0.1, 0.15) is 21.3 Å². The maximum absolute atomic E-state index is 12.8. The highest BCUT2D eigenvalue weighted by Gasteiger charge is 2.32. The molecule has 0 aliphatic carbocycles. The quantitative estimate of drug-likeness (QED) is 0.773. The predicted octanol–water partition coefficient (Wildman–Crippen LogP) is 4.07. The van der Waals surface area contributed by atoms with Crippen LogP contribution in [0.4, 0.5) is 0 Å². The van der Waals surface area contributed by atoms with Gasteiger partial charge in [-0.1, -0.05) is 22.0 Å². The molecule has 2 aromatic carbocycles. The van der Waals surface area contributed by atoms with Gasteiger partial charge in [0.15, 0.2) is 11.5 Å². The standard InChI is InChI=1S/C17H14BrNO3S/c18-13-4-1-11(2-5-13)16(20)19-7-8-23-17(19)12-3-6-14-15(9-12)22-10-21-14/h1-6,9,17H,7-8,10H2. The summed E-state index contributed by atoms with van der Waals surface area (Å²) in [6, 6.07) is 13.4. The molecule has 2 aromatic rings. The van der Waals surface area contributed by atoms with Crippen molar-refractivity contribution in [1.29, 1.82) is 0 Å². The molecule has 118 valence electrons. The predicted molar refractivity (Wildman–Crippen MR) is 92.9 cm³/mol. The summed E-state index contributed by atoms with van der Waals surface area (Å²) in [4.78, 5) is 14.7. The van der Waals surface area contributed by atoms with Crippen LogP contribution in [0, 0.1) is 0 Å². The number of carbonyl (C=O) groups excluding carboxylic acids is 1. The summed E-state index contributed by atoms with van der Waals surface area (Å²) in [6.45, 7) is 1.01. The van der Waals surface area contributed by atoms with Crippen LogP contribution < -0.4 is 9.47 Å². The Morgan fingerprint density at radius 1 is 1.13 bits per heavy atom. The topological polar surface area (TPSA) is 38.8 Å². The molecule has 1 saturated heterocycles. The van der Waals surface area contributed by atoms with Crippen molar-refractivity contribution in [2.75, 3.05) is 19.1 Å². The van der Waals surface area contributed by atoms with Gasteiger partial charge >= 0.3 is 0 Å². The van der Waals surface area contributed by atoms with Crippen molar-refractivity contribution in [3.05, 3.63) is 58.1 Å². The van der Waals surface area contributed by atoms with Crippen LogP contribution >= 0.6 is 27.7 Å². The van der Waals surface area contributed by atoms with Crippen molar-refractivity contribution < 1.29 is 14.3 Å². The molecule has 1 amide bonds. The monoisotopic (exact) mass is 391 g/mol. The van der Waals surface area contributed by atoms with Crippen molar-refractivity contribution in [2.45, 2.75) is 5.37 Å². The number of carbonyl (C=O) groups is 1. The number of thioether (sulfide) groups is 1. The summed E-state index contributed by atoms with van der Waals surface area (Å²) >= 11 is 5.18. The summed E-state index contributed by atoms with van der Waals surface area (Å²) in [6.07, 6.45) is 0. The van der Waals surface area contributed by atoms with Crippen LogP contribution in [0.2, 0.25) is 0 Å². The van der Waals surface area contributed by atoms with E-state index in [1.165, 1.54) is 0 Å². The first-order valence-electron chi connectivity index (χ1n) is 7.30. The Labute approximate surface area is 146 Å². The molecule has 2 aliphatic rings. The zero-order valence-electron chi connectivity index (χ0n) is 12.2. The number of nitrogens with zero attached hydrogens (tertiary/aromatic N) is 1. The van der Waals surface area contributed by atoms with Gasteiger partial charge < -0.3 is 14.4 Å². The number of fused-ring (bicyclic) bond motifs is 1. The van der Waals surface area contributed by atoms with Gasteiger partial charge in [-0.3, -0.25) is 4.79 Å². The molecule has 0 N–H and O–H groups in total. The highest BCUT2D eigenvalue weighted by Crippen LogP contribution is 2.42. The first-order valence-corrected chi connectivity index (χ1v) is 9.14. The molecule has 4 rings (SSSR count). The lowest BCUT2D eigenvalue weighted by atomic mass is 10.1. The Morgan fingerprint density at radius 2 is 1.91 bits per heavy atom. The second-order valence-electron chi connectivity index (χ2n) is 5.34. The molecule has 1 atom stereocenters. The maximum Gasteiger partial charge on any atom is 0.255 e. The highest BCUT2D eigenvalue weighted by atomic mass is 79.9. The van der Waals surface area contributed by atoms with Gasteiger partial charge in [0.2, 0.25) is 6.79 Å². The molecule has 0 spiro atoms. The second-order valence-corrected chi connectivity index (χ2v) is 7.45. The summed E-state index contributed by atoms with van der Waals surface area (Å²) in [7, 11) is 0. The lowest BCUT2D eigenvalue weighted by Crippen LogP contribution is -2.30. The summed E-state index contributed by atoms with van der Waals surface area (Å²) in [5.74, 6) is 2.51. The number of rotatable bonds is 2. The van der Waals surface area contributed by atoms with Crippen molar-refractivity contribution in [2.24, 2.45) is 0 Å². The average Bonchev–Trinajstić information content (AvgIpc) is 3.23. The Hall–Kier alpha value is -1.66. The van der Waals surface area contributed by atoms with Gasteiger partial charge in [-0.05, 0) is 42.0 Å². The van der Waals surface area contributed by atoms with Gasteiger partial charge in [-0.2, -0.15) is 0 Å². The van der Waals surface area contributed by atoms with Gasteiger partial charge in [-0.25, -0.2) is 0 Å². The smallest absolute Gasteiger partial charge is 0.255 e. The van der Waals surface area contributed by atoms with E-state index in [-0.39, 0.29) is 18.1 Å². The van der Waals surface area contributed by atoms with Crippen molar-refractivity contribution in [1.82, 2.24) is 4.90 Å². The molecule has 2 heterocycles. The second kappa shape index (κ2) is 6.09. The summed E-state index contributed by atoms with van der Waals surface area (Å²) in [5, 5.41) is 0.0145. The van der Waals surface area contributed by atoms with Crippen LogP contribution in [0.25, 0.3) is 0 Å². The molecule has 4 nitrogen and oxygen atoms in total. The fraction of sp³-hybridized carbons (Fsp3) is 0.235. The SMILES string of the molecule is O=C(c1ccc(Br)cc1)N1CCSC1c1ccc2c(c1)OCO2. The first-order chi connectivity index (χ1) is 11.2. The average molecular weight is 392 g/mol. The number of amides is 1. The first kappa shape index (κ1) is 14.9. The Balaban J connectivity index is 1.61. The number of benzene rings is 2. The van der Waals surface area contributed by atoms with Crippen LogP contribution in [0.5, 0.6) is 11.5 Å². The van der Waals surface area contributed by atoms with Gasteiger partial charge in [0.1, 0.15) is 5.37 Å². The van der Waals surface area contributed by atoms with Crippen LogP contribution in [-0.2, 0) is 0 Å². The summed E-state index contributed by atoms with van der Waals surface area (Å²) in [5.41, 5.74) is 1.78. The Bertz CT molecular complexity index is 750. The number of halogens is 1. The van der Waals surface area contributed by atoms with E-state index in [9.17, 15) is 4.79 Å². The fourth-order valence-corrected chi connectivity index (χ4v) is 4.29. The van der Waals surface area contributed by atoms with E-state index in [0.717, 1.165) is 33.8 Å². The third-order valence-corrected chi connectivity index (χ3v) is 5.71. The molecule has 23 heavy (non-hydrogen) atoms. The van der Waals surface area contributed by atoms with Gasteiger partial charge in [0.05, 0.1) is 0 Å². The minimum absolute atomic E-state index is 0.0145. The lowest BCUT2D eigenvalue weighted by Gasteiger charge is -2.24. The van der Waals surface area contributed by atoms with Crippen molar-refractivity contribution >= 4 is 33.6 Å². The molecule has 6 heteroatoms. The molecule has 0 bridgehead atoms. The maximum atomic E-state index is 12.8. The minimum Gasteiger partial charge on any atom is -0.454 e. The molecular formula is C17H14BrNO3S. The number of hydrogen-bond donors (Lipinski definition) is 0. The largest absolute Gasteiger partial charge is 0.454 e. The molecule has 1 fully saturated rings. The molecule has 2 aliphatic heterocycles. The van der Waals surface area contributed by atoms with Crippen LogP contribution in [0.3, 0.4) is 0 Å². The normalized spacial score (nSPS) is 19.2. The van der Waals surface area contributed by atoms with Crippen molar-refractivity contribution in [3.63, 3.8) is 0 Å². The van der Waals surface area contributed by atoms with Crippen LogP contribution in [0.15, 0.2) is 46.9 Å². The summed E-state index contributed by atoms with van der Waals surface area (Å²) < 4.78 is 11.8. The zero-order chi connectivity index (χ0) is 15.8. The van der Waals surface area contributed by atoms with E-state index >= 15 is 0 Å². The Kier molecular flexibility index (Phi) is 3.95. The molecule has 0 aromatic heterocycles. The van der Waals surface area contributed by atoms with E-state index in [1.807, 2.05) is 47.4 Å². The zero-order valence-corrected chi connectivity index (χ0v) is 14.6. The lowest BCUT2D eigenvalue weighted by molar-refractivity contribution is 0.0760. The fourth-order valence-electron chi connectivity index (χ4n) is 2.78. The molecule has 0 saturated carbocycles. The highest BCUT2D eigenvalue weighted by molar-refractivity contribution is 9.10.